The Labute approximate surface area is 99.1 Å². The van der Waals surface area contributed by atoms with Crippen molar-refractivity contribution < 1.29 is 14.7 Å². The number of carboxylic acid groups (broad SMARTS) is 1. The Bertz CT molecular complexity index is 413. The van der Waals surface area contributed by atoms with Gasteiger partial charge in [-0.3, -0.25) is 14.6 Å². The van der Waals surface area contributed by atoms with Crippen molar-refractivity contribution in [1.82, 2.24) is 9.88 Å². The van der Waals surface area contributed by atoms with Gasteiger partial charge in [-0.05, 0) is 24.1 Å². The van der Waals surface area contributed by atoms with Crippen molar-refractivity contribution in [3.05, 3.63) is 30.1 Å². The van der Waals surface area contributed by atoms with Crippen LogP contribution in [0.3, 0.4) is 0 Å². The monoisotopic (exact) mass is 234 g/mol. The van der Waals surface area contributed by atoms with Crippen molar-refractivity contribution in [3.8, 4) is 0 Å². The van der Waals surface area contributed by atoms with E-state index in [4.69, 9.17) is 5.11 Å². The molecule has 0 spiro atoms. The first kappa shape index (κ1) is 11.6. The Kier molecular flexibility index (Phi) is 3.37. The predicted molar refractivity (Wildman–Crippen MR) is 60.3 cm³/mol. The Balaban J connectivity index is 1.74. The van der Waals surface area contributed by atoms with Gasteiger partial charge in [0.2, 0.25) is 5.91 Å². The van der Waals surface area contributed by atoms with Gasteiger partial charge in [-0.1, -0.05) is 0 Å². The minimum atomic E-state index is -0.816. The largest absolute Gasteiger partial charge is 0.481 e. The molecule has 0 radical (unpaired) electrons. The number of amides is 1. The van der Waals surface area contributed by atoms with Crippen LogP contribution in [0.2, 0.25) is 0 Å². The lowest BCUT2D eigenvalue weighted by molar-refractivity contribution is -0.152. The molecule has 0 aliphatic carbocycles. The van der Waals surface area contributed by atoms with Crippen molar-refractivity contribution in [2.24, 2.45) is 5.92 Å². The second-order valence-corrected chi connectivity index (χ2v) is 4.19. The molecular formula is C12H14N2O3. The van der Waals surface area contributed by atoms with Gasteiger partial charge in [0.15, 0.2) is 0 Å². The van der Waals surface area contributed by atoms with Crippen molar-refractivity contribution in [3.63, 3.8) is 0 Å². The molecule has 0 saturated carbocycles. The molecule has 5 heteroatoms. The maximum Gasteiger partial charge on any atom is 0.310 e. The standard InChI is InChI=1S/C12H14N2O3/c15-11(14-7-10(8-14)12(16)17)2-1-9-3-5-13-6-4-9/h3-6,10H,1-2,7-8H2,(H,16,17). The van der Waals surface area contributed by atoms with Gasteiger partial charge in [0.1, 0.15) is 0 Å². The number of aromatic nitrogens is 1. The molecule has 1 aliphatic heterocycles. The van der Waals surface area contributed by atoms with Gasteiger partial charge in [-0.25, -0.2) is 0 Å². The summed E-state index contributed by atoms with van der Waals surface area (Å²) in [7, 11) is 0. The SMILES string of the molecule is O=C(O)C1CN(C(=O)CCc2ccncc2)C1. The summed E-state index contributed by atoms with van der Waals surface area (Å²) >= 11 is 0. The molecule has 1 amide bonds. The highest BCUT2D eigenvalue weighted by Gasteiger charge is 2.34. The molecule has 1 aromatic heterocycles. The van der Waals surface area contributed by atoms with E-state index in [-0.39, 0.29) is 11.8 Å². The van der Waals surface area contributed by atoms with Gasteiger partial charge >= 0.3 is 5.97 Å². The molecule has 2 heterocycles. The third-order valence-electron chi connectivity index (χ3n) is 2.96. The van der Waals surface area contributed by atoms with Crippen molar-refractivity contribution in [1.29, 1.82) is 0 Å². The van der Waals surface area contributed by atoms with Crippen molar-refractivity contribution >= 4 is 11.9 Å². The number of hydrogen-bond donors (Lipinski definition) is 1. The molecule has 0 atom stereocenters. The van der Waals surface area contributed by atoms with E-state index in [2.05, 4.69) is 4.98 Å². The number of likely N-dealkylation sites (tertiary alicyclic amines) is 1. The van der Waals surface area contributed by atoms with Crippen LogP contribution < -0.4 is 0 Å². The molecule has 1 aliphatic rings. The topological polar surface area (TPSA) is 70.5 Å². The number of aliphatic carboxylic acids is 1. The van der Waals surface area contributed by atoms with Crippen LogP contribution in [-0.4, -0.2) is 40.0 Å². The van der Waals surface area contributed by atoms with Crippen LogP contribution >= 0.6 is 0 Å². The van der Waals surface area contributed by atoms with Gasteiger partial charge in [0.25, 0.3) is 0 Å². The Morgan fingerprint density at radius 2 is 2.00 bits per heavy atom. The van der Waals surface area contributed by atoms with Crippen LogP contribution in [0.15, 0.2) is 24.5 Å². The first-order valence-corrected chi connectivity index (χ1v) is 5.56. The Hall–Kier alpha value is -1.91. The lowest BCUT2D eigenvalue weighted by Gasteiger charge is -2.36. The summed E-state index contributed by atoms with van der Waals surface area (Å²) in [5.74, 6) is -1.16. The quantitative estimate of drug-likeness (QED) is 0.826. The van der Waals surface area contributed by atoms with E-state index < -0.39 is 5.97 Å². The maximum atomic E-state index is 11.7. The second kappa shape index (κ2) is 4.95. The van der Waals surface area contributed by atoms with Crippen molar-refractivity contribution in [2.45, 2.75) is 12.8 Å². The third kappa shape index (κ3) is 2.81. The van der Waals surface area contributed by atoms with Gasteiger partial charge in [-0.15, -0.1) is 0 Å². The average Bonchev–Trinajstić information content (AvgIpc) is 2.25. The number of rotatable bonds is 4. The number of carboxylic acids is 1. The van der Waals surface area contributed by atoms with Crippen LogP contribution in [0.25, 0.3) is 0 Å². The molecule has 1 aromatic rings. The summed E-state index contributed by atoms with van der Waals surface area (Å²) in [6, 6.07) is 3.76. The fraction of sp³-hybridized carbons (Fsp3) is 0.417. The van der Waals surface area contributed by atoms with E-state index in [1.807, 2.05) is 12.1 Å². The first-order chi connectivity index (χ1) is 8.16. The van der Waals surface area contributed by atoms with Crippen LogP contribution in [0.4, 0.5) is 0 Å². The fourth-order valence-electron chi connectivity index (χ4n) is 1.80. The zero-order chi connectivity index (χ0) is 12.3. The lowest BCUT2D eigenvalue weighted by atomic mass is 9.99. The van der Waals surface area contributed by atoms with E-state index in [1.54, 1.807) is 17.3 Å². The zero-order valence-electron chi connectivity index (χ0n) is 9.37. The molecule has 2 rings (SSSR count). The first-order valence-electron chi connectivity index (χ1n) is 5.56. The van der Waals surface area contributed by atoms with E-state index in [1.165, 1.54) is 0 Å². The van der Waals surface area contributed by atoms with E-state index in [0.717, 1.165) is 5.56 Å². The predicted octanol–water partition coefficient (Wildman–Crippen LogP) is 0.557. The highest BCUT2D eigenvalue weighted by atomic mass is 16.4. The van der Waals surface area contributed by atoms with E-state index in [0.29, 0.717) is 25.9 Å². The summed E-state index contributed by atoms with van der Waals surface area (Å²) in [4.78, 5) is 27.8. The van der Waals surface area contributed by atoms with Gasteiger partial charge < -0.3 is 10.0 Å². The highest BCUT2D eigenvalue weighted by Crippen LogP contribution is 2.17. The maximum absolute atomic E-state index is 11.7. The number of carbonyl (C=O) groups excluding carboxylic acids is 1. The van der Waals surface area contributed by atoms with Crippen LogP contribution in [-0.2, 0) is 16.0 Å². The molecule has 5 nitrogen and oxygen atoms in total. The Morgan fingerprint density at radius 1 is 1.35 bits per heavy atom. The molecule has 1 N–H and O–H groups in total. The lowest BCUT2D eigenvalue weighted by Crippen LogP contribution is -2.53. The van der Waals surface area contributed by atoms with Crippen LogP contribution in [0, 0.1) is 5.92 Å². The summed E-state index contributed by atoms with van der Waals surface area (Å²) < 4.78 is 0. The molecular weight excluding hydrogens is 220 g/mol. The number of carbonyl (C=O) groups is 2. The minimum Gasteiger partial charge on any atom is -0.481 e. The summed E-state index contributed by atoms with van der Waals surface area (Å²) in [6.45, 7) is 0.703. The van der Waals surface area contributed by atoms with Gasteiger partial charge in [-0.2, -0.15) is 0 Å². The average molecular weight is 234 g/mol. The van der Waals surface area contributed by atoms with Gasteiger partial charge in [0, 0.05) is 31.9 Å². The van der Waals surface area contributed by atoms with E-state index in [9.17, 15) is 9.59 Å². The number of pyridine rings is 1. The molecule has 17 heavy (non-hydrogen) atoms. The molecule has 1 fully saturated rings. The summed E-state index contributed by atoms with van der Waals surface area (Å²) in [5.41, 5.74) is 1.07. The molecule has 0 unspecified atom stereocenters. The smallest absolute Gasteiger partial charge is 0.310 e. The number of nitrogens with zero attached hydrogens (tertiary/aromatic N) is 2. The number of hydrogen-bond acceptors (Lipinski definition) is 3. The minimum absolute atomic E-state index is 0.0271. The van der Waals surface area contributed by atoms with Crippen LogP contribution in [0.5, 0.6) is 0 Å². The normalized spacial score (nSPS) is 15.4. The Morgan fingerprint density at radius 3 is 2.59 bits per heavy atom. The molecule has 90 valence electrons. The second-order valence-electron chi connectivity index (χ2n) is 4.19. The molecule has 1 saturated heterocycles. The summed E-state index contributed by atoms with van der Waals surface area (Å²) in [5, 5.41) is 8.70. The highest BCUT2D eigenvalue weighted by molar-refractivity contribution is 5.81. The molecule has 0 aromatic carbocycles. The van der Waals surface area contributed by atoms with Gasteiger partial charge in [0.05, 0.1) is 5.92 Å². The molecule has 0 bridgehead atoms. The fourth-order valence-corrected chi connectivity index (χ4v) is 1.80. The number of aryl methyl sites for hydroxylation is 1. The van der Waals surface area contributed by atoms with Crippen LogP contribution in [0.1, 0.15) is 12.0 Å². The summed E-state index contributed by atoms with van der Waals surface area (Å²) in [6.07, 6.45) is 4.50. The third-order valence-corrected chi connectivity index (χ3v) is 2.96. The van der Waals surface area contributed by atoms with E-state index >= 15 is 0 Å². The van der Waals surface area contributed by atoms with Crippen molar-refractivity contribution in [2.75, 3.05) is 13.1 Å². The zero-order valence-corrected chi connectivity index (χ0v) is 9.37.